The van der Waals surface area contributed by atoms with Gasteiger partial charge in [-0.1, -0.05) is 6.07 Å². The number of halogens is 1. The zero-order chi connectivity index (χ0) is 26.9. The molecule has 3 aromatic rings. The highest BCUT2D eigenvalue weighted by molar-refractivity contribution is 7.93. The smallest absolute Gasteiger partial charge is 0.264 e. The van der Waals surface area contributed by atoms with Crippen molar-refractivity contribution in [3.05, 3.63) is 83.9 Å². The Bertz CT molecular complexity index is 1500. The first-order valence-electron chi connectivity index (χ1n) is 12.0. The van der Waals surface area contributed by atoms with E-state index in [1.54, 1.807) is 48.5 Å². The molecule has 206 valence electrons. The van der Waals surface area contributed by atoms with Crippen molar-refractivity contribution in [2.75, 3.05) is 48.9 Å². The van der Waals surface area contributed by atoms with E-state index in [0.717, 1.165) is 44.5 Å². The molecule has 13 heteroatoms. The normalized spacial score (nSPS) is 14.9. The average Bonchev–Trinajstić information content (AvgIpc) is 3.68. The fraction of sp³-hybridized carbons (Fsp3) is 0.231. The molecule has 0 amide bonds. The van der Waals surface area contributed by atoms with Crippen molar-refractivity contribution in [3.63, 3.8) is 0 Å². The zero-order valence-electron chi connectivity index (χ0n) is 21.4. The summed E-state index contributed by atoms with van der Waals surface area (Å²) in [4.78, 5) is 8.50. The number of rotatable bonds is 8. The lowest BCUT2D eigenvalue weighted by Crippen LogP contribution is -2.29. The Morgan fingerprint density at radius 1 is 0.641 bits per heavy atom. The van der Waals surface area contributed by atoms with Gasteiger partial charge < -0.3 is 10.6 Å². The van der Waals surface area contributed by atoms with E-state index in [1.807, 2.05) is 0 Å². The summed E-state index contributed by atoms with van der Waals surface area (Å²) in [6.45, 7) is 2.97. The van der Waals surface area contributed by atoms with Crippen molar-refractivity contribution in [2.24, 2.45) is 9.98 Å². The van der Waals surface area contributed by atoms with Crippen LogP contribution in [0.1, 0.15) is 11.1 Å². The Morgan fingerprint density at radius 2 is 1.03 bits per heavy atom. The third-order valence-electron chi connectivity index (χ3n) is 6.48. The van der Waals surface area contributed by atoms with Crippen LogP contribution in [0.15, 0.2) is 92.6 Å². The lowest BCUT2D eigenvalue weighted by Gasteiger charge is -2.22. The standard InChI is InChI=1S/C26H28N6O4S2.ClH/c1-31(21-10-6-19(7-11-21)25-27-14-15-28-25)37(33,34)23-4-3-5-24(18-23)38(35,36)32(2)22-12-8-20(9-13-22)26-29-16-17-30-26;/h3-13,18H,14-17H2,1-2H3,(H,27,28)(H,29,30);1H. The van der Waals surface area contributed by atoms with Gasteiger partial charge in [-0.15, -0.1) is 12.4 Å². The Balaban J connectivity index is 0.00000353. The summed E-state index contributed by atoms with van der Waals surface area (Å²) in [5.41, 5.74) is 2.63. The third-order valence-corrected chi connectivity index (χ3v) is 10.0. The van der Waals surface area contributed by atoms with Crippen LogP contribution in [-0.2, 0) is 20.0 Å². The van der Waals surface area contributed by atoms with Crippen LogP contribution in [0.4, 0.5) is 11.4 Å². The van der Waals surface area contributed by atoms with Crippen LogP contribution >= 0.6 is 12.4 Å². The van der Waals surface area contributed by atoms with Crippen LogP contribution in [0.3, 0.4) is 0 Å². The number of nitrogens with one attached hydrogen (secondary N) is 2. The van der Waals surface area contributed by atoms with Gasteiger partial charge in [-0.05, 0) is 66.7 Å². The first-order chi connectivity index (χ1) is 18.2. The van der Waals surface area contributed by atoms with Crippen molar-refractivity contribution < 1.29 is 16.8 Å². The number of hydrogen-bond acceptors (Lipinski definition) is 8. The molecule has 2 aliphatic heterocycles. The fourth-order valence-electron chi connectivity index (χ4n) is 4.23. The largest absolute Gasteiger partial charge is 0.368 e. The van der Waals surface area contributed by atoms with Gasteiger partial charge in [0.2, 0.25) is 0 Å². The molecule has 2 aliphatic rings. The average molecular weight is 589 g/mol. The van der Waals surface area contributed by atoms with Gasteiger partial charge in [0.05, 0.1) is 34.3 Å². The first-order valence-corrected chi connectivity index (χ1v) is 14.9. The van der Waals surface area contributed by atoms with Gasteiger partial charge in [0.25, 0.3) is 20.0 Å². The van der Waals surface area contributed by atoms with E-state index in [9.17, 15) is 16.8 Å². The summed E-state index contributed by atoms with van der Waals surface area (Å²) in [5, 5.41) is 6.37. The second-order valence-corrected chi connectivity index (χ2v) is 12.8. The summed E-state index contributed by atoms with van der Waals surface area (Å²) >= 11 is 0. The van der Waals surface area contributed by atoms with Crippen LogP contribution < -0.4 is 19.2 Å². The van der Waals surface area contributed by atoms with E-state index in [0.29, 0.717) is 24.5 Å². The first kappa shape index (κ1) is 28.4. The van der Waals surface area contributed by atoms with E-state index in [1.165, 1.54) is 38.4 Å². The predicted octanol–water partition coefficient (Wildman–Crippen LogP) is 2.46. The Kier molecular flexibility index (Phi) is 8.19. The second kappa shape index (κ2) is 11.2. The Morgan fingerprint density at radius 3 is 1.36 bits per heavy atom. The maximum atomic E-state index is 13.4. The van der Waals surface area contributed by atoms with Gasteiger partial charge in [0.1, 0.15) is 11.7 Å². The van der Waals surface area contributed by atoms with Gasteiger partial charge in [-0.2, -0.15) is 0 Å². The molecule has 10 nitrogen and oxygen atoms in total. The quantitative estimate of drug-likeness (QED) is 0.417. The minimum atomic E-state index is -4.03. The SMILES string of the molecule is CN(c1ccc(C2=NCCN2)cc1)S(=O)(=O)c1cccc(S(=O)(=O)N(C)c2ccc(C3=NCCN3)cc2)c1.Cl. The lowest BCUT2D eigenvalue weighted by molar-refractivity contribution is 0.592. The fourth-order valence-corrected chi connectivity index (χ4v) is 6.79. The molecule has 39 heavy (non-hydrogen) atoms. The summed E-state index contributed by atoms with van der Waals surface area (Å²) in [7, 11) is -5.18. The maximum absolute atomic E-state index is 13.4. The van der Waals surface area contributed by atoms with Crippen LogP contribution in [-0.4, -0.2) is 68.8 Å². The van der Waals surface area contributed by atoms with Crippen LogP contribution in [0.2, 0.25) is 0 Å². The van der Waals surface area contributed by atoms with Gasteiger partial charge >= 0.3 is 0 Å². The van der Waals surface area contributed by atoms with Crippen LogP contribution in [0.25, 0.3) is 0 Å². The lowest BCUT2D eigenvalue weighted by atomic mass is 10.2. The molecule has 0 saturated heterocycles. The Labute approximate surface area is 235 Å². The number of hydrogen-bond donors (Lipinski definition) is 2. The van der Waals surface area contributed by atoms with E-state index in [4.69, 9.17) is 0 Å². The zero-order valence-corrected chi connectivity index (χ0v) is 23.9. The molecule has 2 N–H and O–H groups in total. The molecular weight excluding hydrogens is 560 g/mol. The van der Waals surface area contributed by atoms with E-state index in [-0.39, 0.29) is 22.2 Å². The van der Waals surface area contributed by atoms with Crippen LogP contribution in [0, 0.1) is 0 Å². The highest BCUT2D eigenvalue weighted by Crippen LogP contribution is 2.27. The van der Waals surface area contributed by atoms with Crippen molar-refractivity contribution >= 4 is 55.5 Å². The van der Waals surface area contributed by atoms with Gasteiger partial charge in [0, 0.05) is 38.3 Å². The highest BCUT2D eigenvalue weighted by atomic mass is 35.5. The molecule has 5 rings (SSSR count). The van der Waals surface area contributed by atoms with E-state index >= 15 is 0 Å². The minimum Gasteiger partial charge on any atom is -0.368 e. The Hall–Kier alpha value is -3.61. The molecule has 0 radical (unpaired) electrons. The van der Waals surface area contributed by atoms with Crippen LogP contribution in [0.5, 0.6) is 0 Å². The number of aliphatic imine (C=N–C) groups is 2. The molecular formula is C26H29ClN6O4S2. The van der Waals surface area contributed by atoms with Gasteiger partial charge in [0.15, 0.2) is 0 Å². The van der Waals surface area contributed by atoms with Crippen molar-refractivity contribution in [1.29, 1.82) is 0 Å². The molecule has 0 unspecified atom stereocenters. The molecule has 0 aliphatic carbocycles. The maximum Gasteiger partial charge on any atom is 0.264 e. The van der Waals surface area contributed by atoms with Crippen molar-refractivity contribution in [3.8, 4) is 0 Å². The predicted molar refractivity (Wildman–Crippen MR) is 157 cm³/mol. The molecule has 0 spiro atoms. The highest BCUT2D eigenvalue weighted by Gasteiger charge is 2.27. The number of anilines is 2. The monoisotopic (exact) mass is 588 g/mol. The molecule has 0 fully saturated rings. The number of sulfonamides is 2. The summed E-state index contributed by atoms with van der Waals surface area (Å²) in [6.07, 6.45) is 0. The third kappa shape index (κ3) is 5.58. The number of benzene rings is 3. The number of amidine groups is 2. The van der Waals surface area contributed by atoms with Crippen molar-refractivity contribution in [2.45, 2.75) is 9.79 Å². The molecule has 2 heterocycles. The summed E-state index contributed by atoms with van der Waals surface area (Å²) in [5.74, 6) is 1.56. The van der Waals surface area contributed by atoms with Gasteiger partial charge in [-0.3, -0.25) is 18.6 Å². The molecule has 0 saturated carbocycles. The molecule has 0 aromatic heterocycles. The minimum absolute atomic E-state index is 0. The van der Waals surface area contributed by atoms with Gasteiger partial charge in [-0.25, -0.2) is 16.8 Å². The molecule has 3 aromatic carbocycles. The van der Waals surface area contributed by atoms with E-state index in [2.05, 4.69) is 20.6 Å². The molecule has 0 bridgehead atoms. The van der Waals surface area contributed by atoms with Crippen molar-refractivity contribution in [1.82, 2.24) is 10.6 Å². The van der Waals surface area contributed by atoms with E-state index < -0.39 is 20.0 Å². The molecule has 0 atom stereocenters. The number of nitrogens with zero attached hydrogens (tertiary/aromatic N) is 4. The topological polar surface area (TPSA) is 124 Å². The second-order valence-electron chi connectivity index (χ2n) is 8.83. The summed E-state index contributed by atoms with van der Waals surface area (Å²) in [6, 6.07) is 19.4. The summed E-state index contributed by atoms with van der Waals surface area (Å²) < 4.78 is 55.9.